The van der Waals surface area contributed by atoms with Gasteiger partial charge in [-0.15, -0.1) is 11.3 Å². The van der Waals surface area contributed by atoms with Gasteiger partial charge in [0.1, 0.15) is 12.4 Å². The number of fused-ring (bicyclic) bond motifs is 1. The standard InChI is InChI=1S/C18H15NO4S/c19-17(20)10-22-14-5-3-4-12(8-14)18(21)23-9-13-11-24-16-7-2-1-6-15(13)16/h1-8,11H,9-10H2,(H2,19,20). The van der Waals surface area contributed by atoms with Crippen LogP contribution in [0.1, 0.15) is 15.9 Å². The molecule has 0 atom stereocenters. The maximum absolute atomic E-state index is 12.2. The monoisotopic (exact) mass is 341 g/mol. The first-order valence-electron chi connectivity index (χ1n) is 7.27. The van der Waals surface area contributed by atoms with Gasteiger partial charge in [-0.1, -0.05) is 24.3 Å². The van der Waals surface area contributed by atoms with Crippen LogP contribution in [0, 0.1) is 0 Å². The van der Waals surface area contributed by atoms with Crippen LogP contribution in [0.15, 0.2) is 53.9 Å². The molecule has 0 saturated heterocycles. The van der Waals surface area contributed by atoms with Crippen LogP contribution >= 0.6 is 11.3 Å². The molecule has 0 aliphatic rings. The number of hydrogen-bond donors (Lipinski definition) is 1. The lowest BCUT2D eigenvalue weighted by molar-refractivity contribution is -0.119. The Hall–Kier alpha value is -2.86. The topological polar surface area (TPSA) is 78.6 Å². The van der Waals surface area contributed by atoms with Gasteiger partial charge in [-0.25, -0.2) is 4.79 Å². The lowest BCUT2D eigenvalue weighted by atomic mass is 10.2. The first-order valence-corrected chi connectivity index (χ1v) is 8.15. The van der Waals surface area contributed by atoms with E-state index in [-0.39, 0.29) is 13.2 Å². The molecule has 0 aliphatic heterocycles. The van der Waals surface area contributed by atoms with E-state index in [9.17, 15) is 9.59 Å². The Kier molecular flexibility index (Phi) is 4.77. The Morgan fingerprint density at radius 2 is 1.92 bits per heavy atom. The van der Waals surface area contributed by atoms with E-state index < -0.39 is 11.9 Å². The first kappa shape index (κ1) is 16.0. The second-order valence-electron chi connectivity index (χ2n) is 5.12. The average Bonchev–Trinajstić information content (AvgIpc) is 3.01. The van der Waals surface area contributed by atoms with Crippen LogP contribution in [0.25, 0.3) is 10.1 Å². The fourth-order valence-corrected chi connectivity index (χ4v) is 3.19. The third kappa shape index (κ3) is 3.72. The van der Waals surface area contributed by atoms with Crippen molar-refractivity contribution in [3.05, 3.63) is 65.0 Å². The molecule has 122 valence electrons. The van der Waals surface area contributed by atoms with Gasteiger partial charge in [0.15, 0.2) is 6.61 Å². The van der Waals surface area contributed by atoms with Crippen molar-refractivity contribution in [3.63, 3.8) is 0 Å². The molecular formula is C18H15NO4S. The van der Waals surface area contributed by atoms with Crippen LogP contribution in [-0.4, -0.2) is 18.5 Å². The van der Waals surface area contributed by atoms with Gasteiger partial charge in [0.25, 0.3) is 5.91 Å². The number of thiophene rings is 1. The van der Waals surface area contributed by atoms with E-state index in [0.29, 0.717) is 11.3 Å². The van der Waals surface area contributed by atoms with Crippen molar-refractivity contribution in [1.29, 1.82) is 0 Å². The normalized spacial score (nSPS) is 10.5. The summed E-state index contributed by atoms with van der Waals surface area (Å²) in [5, 5.41) is 3.08. The van der Waals surface area contributed by atoms with Crippen LogP contribution < -0.4 is 10.5 Å². The molecule has 3 aromatic rings. The van der Waals surface area contributed by atoms with Crippen molar-refractivity contribution in [2.75, 3.05) is 6.61 Å². The van der Waals surface area contributed by atoms with Crippen LogP contribution in [0.3, 0.4) is 0 Å². The smallest absolute Gasteiger partial charge is 0.338 e. The van der Waals surface area contributed by atoms with E-state index in [1.54, 1.807) is 29.5 Å². The molecule has 0 unspecified atom stereocenters. The fourth-order valence-electron chi connectivity index (χ4n) is 2.24. The molecule has 3 rings (SSSR count). The number of rotatable bonds is 6. The Balaban J connectivity index is 1.66. The van der Waals surface area contributed by atoms with Crippen molar-refractivity contribution in [3.8, 4) is 5.75 Å². The van der Waals surface area contributed by atoms with Gasteiger partial charge in [0, 0.05) is 10.3 Å². The number of carbonyl (C=O) groups excluding carboxylic acids is 2. The van der Waals surface area contributed by atoms with Gasteiger partial charge in [-0.3, -0.25) is 4.79 Å². The summed E-state index contributed by atoms with van der Waals surface area (Å²) < 4.78 is 11.7. The van der Waals surface area contributed by atoms with Crippen LogP contribution in [-0.2, 0) is 16.1 Å². The highest BCUT2D eigenvalue weighted by atomic mass is 32.1. The Labute approximate surface area is 142 Å². The van der Waals surface area contributed by atoms with Crippen LogP contribution in [0.5, 0.6) is 5.75 Å². The predicted molar refractivity (Wildman–Crippen MR) is 92.1 cm³/mol. The molecule has 0 radical (unpaired) electrons. The van der Waals surface area contributed by atoms with E-state index in [0.717, 1.165) is 15.6 Å². The van der Waals surface area contributed by atoms with E-state index in [1.807, 2.05) is 29.6 Å². The second-order valence-corrected chi connectivity index (χ2v) is 6.03. The van der Waals surface area contributed by atoms with Crippen molar-refractivity contribution in [2.24, 2.45) is 5.73 Å². The van der Waals surface area contributed by atoms with Gasteiger partial charge in [-0.05, 0) is 35.0 Å². The highest BCUT2D eigenvalue weighted by molar-refractivity contribution is 7.17. The van der Waals surface area contributed by atoms with Gasteiger partial charge in [0.05, 0.1) is 5.56 Å². The molecular weight excluding hydrogens is 326 g/mol. The highest BCUT2D eigenvalue weighted by Crippen LogP contribution is 2.26. The van der Waals surface area contributed by atoms with Crippen LogP contribution in [0.2, 0.25) is 0 Å². The summed E-state index contributed by atoms with van der Waals surface area (Å²) in [5.74, 6) is -0.633. The van der Waals surface area contributed by atoms with Crippen molar-refractivity contribution in [2.45, 2.75) is 6.61 Å². The summed E-state index contributed by atoms with van der Waals surface area (Å²) in [5.41, 5.74) is 6.37. The van der Waals surface area contributed by atoms with Gasteiger partial charge >= 0.3 is 5.97 Å². The van der Waals surface area contributed by atoms with E-state index in [2.05, 4.69) is 0 Å². The molecule has 5 nitrogen and oxygen atoms in total. The van der Waals surface area contributed by atoms with E-state index in [4.69, 9.17) is 15.2 Å². The summed E-state index contributed by atoms with van der Waals surface area (Å²) >= 11 is 1.62. The average molecular weight is 341 g/mol. The van der Waals surface area contributed by atoms with Crippen molar-refractivity contribution in [1.82, 2.24) is 0 Å². The molecule has 0 fully saturated rings. The summed E-state index contributed by atoms with van der Waals surface area (Å²) in [6.45, 7) is -0.0331. The SMILES string of the molecule is NC(=O)COc1cccc(C(=O)OCc2csc3ccccc23)c1. The van der Waals surface area contributed by atoms with Gasteiger partial charge < -0.3 is 15.2 Å². The van der Waals surface area contributed by atoms with E-state index in [1.165, 1.54) is 6.07 Å². The Morgan fingerprint density at radius 3 is 2.75 bits per heavy atom. The minimum Gasteiger partial charge on any atom is -0.484 e. The van der Waals surface area contributed by atoms with Crippen molar-refractivity contribution < 1.29 is 19.1 Å². The first-order chi connectivity index (χ1) is 11.6. The number of carbonyl (C=O) groups is 2. The maximum atomic E-state index is 12.2. The predicted octanol–water partition coefficient (Wildman–Crippen LogP) is 3.12. The molecule has 0 aliphatic carbocycles. The zero-order chi connectivity index (χ0) is 16.9. The second kappa shape index (κ2) is 7.14. The molecule has 1 amide bonds. The zero-order valence-corrected chi connectivity index (χ0v) is 13.5. The number of esters is 1. The summed E-state index contributed by atoms with van der Waals surface area (Å²) in [7, 11) is 0. The number of amides is 1. The number of hydrogen-bond acceptors (Lipinski definition) is 5. The zero-order valence-electron chi connectivity index (χ0n) is 12.7. The largest absolute Gasteiger partial charge is 0.484 e. The molecule has 6 heteroatoms. The number of primary amides is 1. The molecule has 24 heavy (non-hydrogen) atoms. The number of benzene rings is 2. The minimum atomic E-state index is -0.577. The van der Waals surface area contributed by atoms with Crippen LogP contribution in [0.4, 0.5) is 0 Å². The molecule has 0 spiro atoms. The van der Waals surface area contributed by atoms with Gasteiger partial charge in [-0.2, -0.15) is 0 Å². The maximum Gasteiger partial charge on any atom is 0.338 e. The highest BCUT2D eigenvalue weighted by Gasteiger charge is 2.11. The van der Waals surface area contributed by atoms with Gasteiger partial charge in [0.2, 0.25) is 0 Å². The van der Waals surface area contributed by atoms with Crippen molar-refractivity contribution >= 4 is 33.3 Å². The summed E-state index contributed by atoms with van der Waals surface area (Å²) in [6.07, 6.45) is 0. The Bertz CT molecular complexity index is 887. The number of ether oxygens (including phenoxy) is 2. The Morgan fingerprint density at radius 1 is 1.08 bits per heavy atom. The molecule has 2 aromatic carbocycles. The molecule has 1 aromatic heterocycles. The molecule has 2 N–H and O–H groups in total. The molecule has 1 heterocycles. The fraction of sp³-hybridized carbons (Fsp3) is 0.111. The third-order valence-corrected chi connectivity index (χ3v) is 4.38. The van der Waals surface area contributed by atoms with E-state index >= 15 is 0 Å². The minimum absolute atomic E-state index is 0.204. The molecule has 0 saturated carbocycles. The quantitative estimate of drug-likeness (QED) is 0.699. The number of nitrogens with two attached hydrogens (primary N) is 1. The molecule has 0 bridgehead atoms. The lowest BCUT2D eigenvalue weighted by Gasteiger charge is -2.07. The third-order valence-electron chi connectivity index (χ3n) is 3.37. The summed E-state index contributed by atoms with van der Waals surface area (Å²) in [4.78, 5) is 22.9. The lowest BCUT2D eigenvalue weighted by Crippen LogP contribution is -2.20. The summed E-state index contributed by atoms with van der Waals surface area (Å²) in [6, 6.07) is 14.4.